The number of nitrogens with zero attached hydrogens (tertiary/aromatic N) is 5. The third-order valence-electron chi connectivity index (χ3n) is 4.98. The molecular weight excluding hydrogens is 434 g/mol. The quantitative estimate of drug-likeness (QED) is 0.358. The van der Waals surface area contributed by atoms with Crippen LogP contribution < -0.4 is 15.6 Å². The molecule has 10 nitrogen and oxygen atoms in total. The fourth-order valence-corrected chi connectivity index (χ4v) is 3.29. The summed E-state index contributed by atoms with van der Waals surface area (Å²) in [7, 11) is 1.61. The Morgan fingerprint density at radius 1 is 0.971 bits per heavy atom. The number of amides is 1. The molecule has 0 fully saturated rings. The van der Waals surface area contributed by atoms with Gasteiger partial charge in [-0.2, -0.15) is 10.1 Å². The van der Waals surface area contributed by atoms with Crippen molar-refractivity contribution < 1.29 is 14.1 Å². The smallest absolute Gasteiger partial charge is 0.340 e. The molecule has 5 rings (SSSR count). The predicted octanol–water partition coefficient (Wildman–Crippen LogP) is 3.75. The minimum absolute atomic E-state index is 0.0398. The Balaban J connectivity index is 1.38. The van der Waals surface area contributed by atoms with E-state index in [1.165, 1.54) is 0 Å². The van der Waals surface area contributed by atoms with Gasteiger partial charge in [-0.1, -0.05) is 23.4 Å². The summed E-state index contributed by atoms with van der Waals surface area (Å²) < 4.78 is 12.1. The lowest BCUT2D eigenvalue weighted by Gasteiger charge is -2.08. The lowest BCUT2D eigenvalue weighted by molar-refractivity contribution is 0.0955. The lowest BCUT2D eigenvalue weighted by Crippen LogP contribution is -2.30. The second-order valence-corrected chi connectivity index (χ2v) is 7.13. The second-order valence-electron chi connectivity index (χ2n) is 7.13. The number of aromatic nitrogens is 5. The van der Waals surface area contributed by atoms with Gasteiger partial charge in [-0.25, -0.2) is 10.1 Å². The summed E-state index contributed by atoms with van der Waals surface area (Å²) in [6, 6.07) is 22.4. The molecule has 0 aliphatic rings. The second kappa shape index (κ2) is 9.25. The number of carbonyl (C=O) groups is 1. The maximum atomic E-state index is 12.9. The number of hydrogen-bond acceptors (Lipinski definition) is 8. The van der Waals surface area contributed by atoms with Crippen molar-refractivity contribution in [3.8, 4) is 34.1 Å². The summed E-state index contributed by atoms with van der Waals surface area (Å²) in [5.74, 6) is 0.643. The normalized spacial score (nSPS) is 10.6. The van der Waals surface area contributed by atoms with Gasteiger partial charge in [-0.15, -0.1) is 0 Å². The first-order chi connectivity index (χ1) is 16.7. The van der Waals surface area contributed by atoms with Gasteiger partial charge in [0, 0.05) is 23.5 Å². The Labute approximate surface area is 194 Å². The lowest BCUT2D eigenvalue weighted by atomic mass is 10.1. The van der Waals surface area contributed by atoms with Crippen LogP contribution in [0.4, 0.5) is 6.01 Å². The van der Waals surface area contributed by atoms with E-state index in [1.807, 2.05) is 54.6 Å². The molecule has 0 bridgehead atoms. The Kier molecular flexibility index (Phi) is 5.68. The number of carbonyl (C=O) groups excluding carboxylic acids is 1. The summed E-state index contributed by atoms with van der Waals surface area (Å²) in [4.78, 5) is 21.0. The number of hydrogen-bond donors (Lipinski definition) is 2. The van der Waals surface area contributed by atoms with E-state index in [4.69, 9.17) is 9.26 Å². The van der Waals surface area contributed by atoms with Crippen molar-refractivity contribution in [3.63, 3.8) is 0 Å². The van der Waals surface area contributed by atoms with E-state index in [1.54, 1.807) is 42.4 Å². The van der Waals surface area contributed by atoms with Crippen LogP contribution in [0.3, 0.4) is 0 Å². The van der Waals surface area contributed by atoms with Crippen molar-refractivity contribution in [2.45, 2.75) is 0 Å². The van der Waals surface area contributed by atoms with Crippen LogP contribution in [-0.2, 0) is 0 Å². The van der Waals surface area contributed by atoms with Crippen molar-refractivity contribution >= 4 is 11.9 Å². The molecule has 10 heteroatoms. The average molecular weight is 453 g/mol. The molecule has 0 saturated carbocycles. The minimum atomic E-state index is -0.465. The first-order valence-corrected chi connectivity index (χ1v) is 10.3. The van der Waals surface area contributed by atoms with Crippen molar-refractivity contribution in [3.05, 3.63) is 90.9 Å². The zero-order valence-corrected chi connectivity index (χ0v) is 18.0. The zero-order valence-electron chi connectivity index (χ0n) is 18.0. The number of ether oxygens (including phenoxy) is 1. The van der Waals surface area contributed by atoms with Crippen LogP contribution >= 0.6 is 0 Å². The molecule has 0 spiro atoms. The van der Waals surface area contributed by atoms with Crippen molar-refractivity contribution in [2.75, 3.05) is 12.5 Å². The van der Waals surface area contributed by atoms with Crippen molar-refractivity contribution in [1.29, 1.82) is 0 Å². The highest BCUT2D eigenvalue weighted by Gasteiger charge is 2.18. The number of pyridine rings is 1. The van der Waals surface area contributed by atoms with Crippen LogP contribution in [0, 0.1) is 0 Å². The first-order valence-electron chi connectivity index (χ1n) is 10.3. The molecule has 0 unspecified atom stereocenters. The Bertz CT molecular complexity index is 1400. The van der Waals surface area contributed by atoms with E-state index in [-0.39, 0.29) is 11.7 Å². The molecule has 0 atom stereocenters. The summed E-state index contributed by atoms with van der Waals surface area (Å²) >= 11 is 0. The van der Waals surface area contributed by atoms with Gasteiger partial charge in [-0.05, 0) is 54.6 Å². The van der Waals surface area contributed by atoms with Crippen LogP contribution in [0.5, 0.6) is 5.75 Å². The molecule has 5 aromatic rings. The van der Waals surface area contributed by atoms with Gasteiger partial charge < -0.3 is 9.26 Å². The van der Waals surface area contributed by atoms with Gasteiger partial charge in [0.1, 0.15) is 5.75 Å². The first kappa shape index (κ1) is 20.9. The van der Waals surface area contributed by atoms with E-state index in [9.17, 15) is 4.79 Å². The molecule has 0 aliphatic heterocycles. The van der Waals surface area contributed by atoms with Crippen LogP contribution in [-0.4, -0.2) is 37.9 Å². The average Bonchev–Trinajstić information content (AvgIpc) is 3.56. The number of benzene rings is 2. The summed E-state index contributed by atoms with van der Waals surface area (Å²) in [6.45, 7) is 0. The van der Waals surface area contributed by atoms with Gasteiger partial charge in [0.25, 0.3) is 5.91 Å². The molecule has 3 aromatic heterocycles. The van der Waals surface area contributed by atoms with Crippen molar-refractivity contribution in [2.24, 2.45) is 0 Å². The van der Waals surface area contributed by atoms with Crippen LogP contribution in [0.2, 0.25) is 0 Å². The SMILES string of the molecule is COc1ccc(-c2cc(C(=O)NNc3nc(-c4ccncc4)no3)nn2-c2ccccc2)cc1. The zero-order chi connectivity index (χ0) is 23.3. The number of hydrazine groups is 1. The maximum Gasteiger partial charge on any atom is 0.340 e. The minimum Gasteiger partial charge on any atom is -0.497 e. The van der Waals surface area contributed by atoms with E-state index in [0.29, 0.717) is 5.82 Å². The Morgan fingerprint density at radius 2 is 1.74 bits per heavy atom. The molecule has 168 valence electrons. The van der Waals surface area contributed by atoms with E-state index in [0.717, 1.165) is 28.3 Å². The molecule has 3 heterocycles. The Morgan fingerprint density at radius 3 is 2.47 bits per heavy atom. The van der Waals surface area contributed by atoms with Gasteiger partial charge in [-0.3, -0.25) is 15.2 Å². The third-order valence-corrected chi connectivity index (χ3v) is 4.98. The maximum absolute atomic E-state index is 12.9. The van der Waals surface area contributed by atoms with E-state index in [2.05, 4.69) is 31.1 Å². The fourth-order valence-electron chi connectivity index (χ4n) is 3.29. The third kappa shape index (κ3) is 4.32. The molecule has 2 aromatic carbocycles. The molecule has 1 amide bonds. The van der Waals surface area contributed by atoms with Gasteiger partial charge in [0.2, 0.25) is 5.82 Å². The molecule has 34 heavy (non-hydrogen) atoms. The largest absolute Gasteiger partial charge is 0.497 e. The number of rotatable bonds is 7. The number of nitrogens with one attached hydrogen (secondary N) is 2. The van der Waals surface area contributed by atoms with Crippen LogP contribution in [0.25, 0.3) is 28.3 Å². The van der Waals surface area contributed by atoms with Crippen molar-refractivity contribution in [1.82, 2.24) is 30.3 Å². The van der Waals surface area contributed by atoms with E-state index < -0.39 is 5.91 Å². The van der Waals surface area contributed by atoms with Crippen LogP contribution in [0.15, 0.2) is 89.7 Å². The number of methoxy groups -OCH3 is 1. The summed E-state index contributed by atoms with van der Waals surface area (Å²) in [6.07, 6.45) is 3.26. The molecule has 0 aliphatic carbocycles. The topological polar surface area (TPSA) is 120 Å². The van der Waals surface area contributed by atoms with Crippen LogP contribution in [0.1, 0.15) is 10.5 Å². The highest BCUT2D eigenvalue weighted by molar-refractivity contribution is 5.94. The fraction of sp³-hybridized carbons (Fsp3) is 0.0417. The molecule has 0 radical (unpaired) electrons. The number of para-hydroxylation sites is 1. The Hall–Kier alpha value is -4.99. The predicted molar refractivity (Wildman–Crippen MR) is 124 cm³/mol. The van der Waals surface area contributed by atoms with E-state index >= 15 is 0 Å². The molecular formula is C24H19N7O3. The van der Waals surface area contributed by atoms with Gasteiger partial charge >= 0.3 is 6.01 Å². The van der Waals surface area contributed by atoms with Gasteiger partial charge in [0.05, 0.1) is 18.5 Å². The molecule has 0 saturated heterocycles. The highest BCUT2D eigenvalue weighted by Crippen LogP contribution is 2.26. The monoisotopic (exact) mass is 453 g/mol. The highest BCUT2D eigenvalue weighted by atomic mass is 16.5. The standard InChI is InChI=1S/C24H19N7O3/c1-33-19-9-7-16(8-10-19)21-15-20(29-31(21)18-5-3-2-4-6-18)23(32)27-28-24-26-22(30-34-24)17-11-13-25-14-12-17/h2-15H,1H3,(H,27,32)(H,26,28,30). The summed E-state index contributed by atoms with van der Waals surface area (Å²) in [5, 5.41) is 8.42. The molecule has 2 N–H and O–H groups in total. The van der Waals surface area contributed by atoms with Gasteiger partial charge in [0.15, 0.2) is 5.69 Å². The summed E-state index contributed by atoms with van der Waals surface area (Å²) in [5.41, 5.74) is 8.57. The number of anilines is 1.